The van der Waals surface area contributed by atoms with Gasteiger partial charge in [0, 0.05) is 11.1 Å². The predicted molar refractivity (Wildman–Crippen MR) is 103 cm³/mol. The van der Waals surface area contributed by atoms with E-state index < -0.39 is 4.92 Å². The Morgan fingerprint density at radius 2 is 1.75 bits per heavy atom. The van der Waals surface area contributed by atoms with E-state index in [2.05, 4.69) is 15.2 Å². The molecule has 0 bridgehead atoms. The zero-order valence-electron chi connectivity index (χ0n) is 15.4. The Morgan fingerprint density at radius 1 is 1.04 bits per heavy atom. The van der Waals surface area contributed by atoms with E-state index in [1.54, 1.807) is 18.5 Å². The van der Waals surface area contributed by atoms with Gasteiger partial charge in [-0.25, -0.2) is 0 Å². The van der Waals surface area contributed by atoms with Gasteiger partial charge in [0.1, 0.15) is 11.4 Å². The number of rotatable bonds is 5. The maximum absolute atomic E-state index is 11.1. The second-order valence-corrected chi connectivity index (χ2v) is 6.42. The van der Waals surface area contributed by atoms with Gasteiger partial charge in [-0.3, -0.25) is 14.8 Å². The largest absolute Gasteiger partial charge is 0.334 e. The van der Waals surface area contributed by atoms with Gasteiger partial charge >= 0.3 is 5.69 Å². The van der Waals surface area contributed by atoms with Gasteiger partial charge in [0.2, 0.25) is 5.82 Å². The summed E-state index contributed by atoms with van der Waals surface area (Å²) in [4.78, 5) is 15.2. The van der Waals surface area contributed by atoms with E-state index in [0.717, 1.165) is 16.7 Å². The molecular weight excluding hydrogens is 358 g/mol. The van der Waals surface area contributed by atoms with E-state index >= 15 is 0 Å². The van der Waals surface area contributed by atoms with Gasteiger partial charge < -0.3 is 4.52 Å². The molecule has 0 spiro atoms. The molecule has 4 aromatic rings. The van der Waals surface area contributed by atoms with Crippen LogP contribution in [0.3, 0.4) is 0 Å². The highest BCUT2D eigenvalue weighted by Crippen LogP contribution is 2.24. The summed E-state index contributed by atoms with van der Waals surface area (Å²) in [6, 6.07) is 17.2. The molecular formula is C20H17N5O3. The Labute approximate surface area is 160 Å². The molecule has 140 valence electrons. The smallest absolute Gasteiger partial charge is 0.312 e. The molecule has 0 amide bonds. The Bertz CT molecular complexity index is 1130. The molecule has 28 heavy (non-hydrogen) atoms. The van der Waals surface area contributed by atoms with Crippen molar-refractivity contribution in [1.82, 2.24) is 19.9 Å². The SMILES string of the molecule is Cc1nn(Cc2ccc(-c3nc(-c4ccccc4)no3)cc2)c(C)c1[N+](=O)[O-]. The molecule has 2 heterocycles. The van der Waals surface area contributed by atoms with Crippen LogP contribution in [0.5, 0.6) is 0 Å². The van der Waals surface area contributed by atoms with Crippen LogP contribution in [0.25, 0.3) is 22.8 Å². The molecule has 0 unspecified atom stereocenters. The molecule has 0 fully saturated rings. The lowest BCUT2D eigenvalue weighted by atomic mass is 10.1. The Balaban J connectivity index is 1.55. The van der Waals surface area contributed by atoms with Crippen molar-refractivity contribution in [2.75, 3.05) is 0 Å². The van der Waals surface area contributed by atoms with Crippen molar-refractivity contribution in [3.05, 3.63) is 81.7 Å². The molecule has 0 aliphatic carbocycles. The highest BCUT2D eigenvalue weighted by Gasteiger charge is 2.21. The summed E-state index contributed by atoms with van der Waals surface area (Å²) in [5, 5.41) is 19.5. The predicted octanol–water partition coefficient (Wildman–Crippen LogP) is 4.17. The maximum atomic E-state index is 11.1. The molecule has 0 saturated heterocycles. The average Bonchev–Trinajstić information content (AvgIpc) is 3.28. The first kappa shape index (κ1) is 17.6. The summed E-state index contributed by atoms with van der Waals surface area (Å²) >= 11 is 0. The first-order chi connectivity index (χ1) is 13.5. The van der Waals surface area contributed by atoms with E-state index in [1.807, 2.05) is 54.6 Å². The lowest BCUT2D eigenvalue weighted by Gasteiger charge is -2.04. The van der Waals surface area contributed by atoms with Crippen molar-refractivity contribution in [2.24, 2.45) is 0 Å². The van der Waals surface area contributed by atoms with Crippen molar-refractivity contribution in [3.63, 3.8) is 0 Å². The number of aryl methyl sites for hydroxylation is 1. The van der Waals surface area contributed by atoms with E-state index in [9.17, 15) is 10.1 Å². The topological polar surface area (TPSA) is 99.9 Å². The van der Waals surface area contributed by atoms with Crippen LogP contribution in [-0.2, 0) is 6.54 Å². The van der Waals surface area contributed by atoms with Gasteiger partial charge in [0.05, 0.1) is 11.5 Å². The van der Waals surface area contributed by atoms with Crippen LogP contribution < -0.4 is 0 Å². The zero-order valence-corrected chi connectivity index (χ0v) is 15.4. The van der Waals surface area contributed by atoms with Crippen LogP contribution in [0.1, 0.15) is 17.0 Å². The zero-order chi connectivity index (χ0) is 19.7. The standard InChI is InChI=1S/C20H17N5O3/c1-13-18(25(26)27)14(2)24(22-13)12-15-8-10-17(11-9-15)20-21-19(23-28-20)16-6-4-3-5-7-16/h3-11H,12H2,1-2H3. The first-order valence-corrected chi connectivity index (χ1v) is 8.70. The van der Waals surface area contributed by atoms with Crippen LogP contribution in [0.4, 0.5) is 5.69 Å². The summed E-state index contributed by atoms with van der Waals surface area (Å²) < 4.78 is 7.02. The molecule has 0 aliphatic rings. The quantitative estimate of drug-likeness (QED) is 0.383. The number of hydrogen-bond donors (Lipinski definition) is 0. The summed E-state index contributed by atoms with van der Waals surface area (Å²) in [6.07, 6.45) is 0. The highest BCUT2D eigenvalue weighted by molar-refractivity contribution is 5.59. The number of hydrogen-bond acceptors (Lipinski definition) is 6. The Morgan fingerprint density at radius 3 is 2.39 bits per heavy atom. The van der Waals surface area contributed by atoms with E-state index in [4.69, 9.17) is 4.52 Å². The first-order valence-electron chi connectivity index (χ1n) is 8.70. The van der Waals surface area contributed by atoms with Gasteiger partial charge in [0.15, 0.2) is 0 Å². The summed E-state index contributed by atoms with van der Waals surface area (Å²) in [5.74, 6) is 0.974. The van der Waals surface area contributed by atoms with Crippen molar-refractivity contribution in [1.29, 1.82) is 0 Å². The third-order valence-corrected chi connectivity index (χ3v) is 4.52. The second-order valence-electron chi connectivity index (χ2n) is 6.42. The molecule has 8 nitrogen and oxygen atoms in total. The minimum Gasteiger partial charge on any atom is -0.334 e. The van der Waals surface area contributed by atoms with Gasteiger partial charge in [0.25, 0.3) is 5.89 Å². The van der Waals surface area contributed by atoms with Crippen molar-refractivity contribution < 1.29 is 9.45 Å². The molecule has 0 aliphatic heterocycles. The van der Waals surface area contributed by atoms with Crippen molar-refractivity contribution in [2.45, 2.75) is 20.4 Å². The summed E-state index contributed by atoms with van der Waals surface area (Å²) in [5.41, 5.74) is 3.68. The minimum absolute atomic E-state index is 0.0657. The number of nitro groups is 1. The number of aromatic nitrogens is 4. The van der Waals surface area contributed by atoms with Crippen LogP contribution in [0.2, 0.25) is 0 Å². The molecule has 0 N–H and O–H groups in total. The fraction of sp³-hybridized carbons (Fsp3) is 0.150. The lowest BCUT2D eigenvalue weighted by molar-refractivity contribution is -0.386. The van der Waals surface area contributed by atoms with E-state index in [1.165, 1.54) is 0 Å². The second kappa shape index (κ2) is 7.07. The molecule has 0 atom stereocenters. The third kappa shape index (κ3) is 3.27. The number of nitrogens with zero attached hydrogens (tertiary/aromatic N) is 5. The Kier molecular flexibility index (Phi) is 4.44. The molecule has 4 rings (SSSR count). The average molecular weight is 375 g/mol. The normalized spacial score (nSPS) is 10.9. The van der Waals surface area contributed by atoms with Gasteiger partial charge in [-0.1, -0.05) is 47.6 Å². The summed E-state index contributed by atoms with van der Waals surface area (Å²) in [6.45, 7) is 3.79. The number of benzene rings is 2. The molecule has 2 aromatic heterocycles. The van der Waals surface area contributed by atoms with E-state index in [-0.39, 0.29) is 5.69 Å². The molecule has 8 heteroatoms. The molecule has 2 aromatic carbocycles. The maximum Gasteiger partial charge on any atom is 0.312 e. The Hall–Kier alpha value is -3.81. The highest BCUT2D eigenvalue weighted by atomic mass is 16.6. The van der Waals surface area contributed by atoms with E-state index in [0.29, 0.717) is 29.6 Å². The van der Waals surface area contributed by atoms with Crippen LogP contribution in [-0.4, -0.2) is 24.8 Å². The fourth-order valence-electron chi connectivity index (χ4n) is 3.08. The third-order valence-electron chi connectivity index (χ3n) is 4.52. The minimum atomic E-state index is -0.392. The van der Waals surface area contributed by atoms with Gasteiger partial charge in [-0.15, -0.1) is 0 Å². The van der Waals surface area contributed by atoms with Crippen LogP contribution in [0, 0.1) is 24.0 Å². The lowest BCUT2D eigenvalue weighted by Crippen LogP contribution is -2.04. The van der Waals surface area contributed by atoms with Crippen molar-refractivity contribution >= 4 is 5.69 Å². The van der Waals surface area contributed by atoms with Gasteiger partial charge in [-0.05, 0) is 31.5 Å². The van der Waals surface area contributed by atoms with Gasteiger partial charge in [-0.2, -0.15) is 10.1 Å². The fourth-order valence-corrected chi connectivity index (χ4v) is 3.08. The monoisotopic (exact) mass is 375 g/mol. The van der Waals surface area contributed by atoms with Crippen LogP contribution >= 0.6 is 0 Å². The van der Waals surface area contributed by atoms with Crippen molar-refractivity contribution in [3.8, 4) is 22.8 Å². The summed E-state index contributed by atoms with van der Waals surface area (Å²) in [7, 11) is 0. The molecule has 0 saturated carbocycles. The molecule has 0 radical (unpaired) electrons. The van der Waals surface area contributed by atoms with Crippen LogP contribution in [0.15, 0.2) is 59.1 Å².